The van der Waals surface area contributed by atoms with Gasteiger partial charge >= 0.3 is 12.1 Å². The first-order valence-electron chi connectivity index (χ1n) is 5.22. The molecule has 18 heavy (non-hydrogen) atoms. The van der Waals surface area contributed by atoms with E-state index in [4.69, 9.17) is 28.9 Å². The van der Waals surface area contributed by atoms with Crippen molar-refractivity contribution in [2.75, 3.05) is 0 Å². The van der Waals surface area contributed by atoms with Gasteiger partial charge in [0.25, 0.3) is 0 Å². The Kier molecular flexibility index (Phi) is 3.63. The lowest BCUT2D eigenvalue weighted by atomic mass is 10.0. The van der Waals surface area contributed by atoms with Crippen molar-refractivity contribution in [2.24, 2.45) is 5.73 Å². The van der Waals surface area contributed by atoms with Crippen LogP contribution in [0.1, 0.15) is 18.4 Å². The van der Waals surface area contributed by atoms with Gasteiger partial charge in [-0.3, -0.25) is 0 Å². The minimum atomic E-state index is -0.913. The summed E-state index contributed by atoms with van der Waals surface area (Å²) in [6.07, 6.45) is -0.913. The molecular weight excluding hydrogens is 277 g/mol. The zero-order chi connectivity index (χ0) is 13.3. The Morgan fingerprint density at radius 1 is 1.50 bits per heavy atom. The summed E-state index contributed by atoms with van der Waals surface area (Å²) in [6, 6.07) is 5.59. The molecule has 7 heteroatoms. The number of primary amides is 1. The SMILES string of the molecule is CC(c1ccc2nc(OC(N)=O)[nH]c2c1)C(Cl)Cl. The van der Waals surface area contributed by atoms with Gasteiger partial charge in [0, 0.05) is 5.92 Å². The summed E-state index contributed by atoms with van der Waals surface area (Å²) in [4.78, 5) is 17.0. The number of H-pyrrole nitrogens is 1. The van der Waals surface area contributed by atoms with Crippen LogP contribution in [0.4, 0.5) is 4.79 Å². The number of nitrogens with one attached hydrogen (secondary N) is 1. The number of carbonyl (C=O) groups excluding carboxylic acids is 1. The van der Waals surface area contributed by atoms with Crippen LogP contribution in [0.2, 0.25) is 0 Å². The minimum Gasteiger partial charge on any atom is -0.376 e. The van der Waals surface area contributed by atoms with E-state index in [9.17, 15) is 4.79 Å². The summed E-state index contributed by atoms with van der Waals surface area (Å²) in [5, 5.41) is 0. The number of nitrogens with zero attached hydrogens (tertiary/aromatic N) is 1. The molecule has 1 atom stereocenters. The summed E-state index contributed by atoms with van der Waals surface area (Å²) in [5.74, 6) is -0.0125. The highest BCUT2D eigenvalue weighted by molar-refractivity contribution is 6.44. The third-order valence-electron chi connectivity index (χ3n) is 2.59. The number of benzene rings is 1. The fourth-order valence-corrected chi connectivity index (χ4v) is 1.87. The van der Waals surface area contributed by atoms with Crippen LogP contribution in [0.3, 0.4) is 0 Å². The van der Waals surface area contributed by atoms with E-state index in [1.165, 1.54) is 0 Å². The molecule has 0 aliphatic rings. The second-order valence-electron chi connectivity index (χ2n) is 3.86. The maximum absolute atomic E-state index is 10.6. The Balaban J connectivity index is 2.36. The van der Waals surface area contributed by atoms with Crippen molar-refractivity contribution in [1.82, 2.24) is 9.97 Å². The standard InChI is InChI=1S/C11H11Cl2N3O2/c1-5(9(12)13)6-2-3-7-8(4-6)16-11(15-7)18-10(14)17/h2-5,9H,1H3,(H2,14,17)(H,15,16). The van der Waals surface area contributed by atoms with Crippen LogP contribution in [0, 0.1) is 0 Å². The summed E-state index contributed by atoms with van der Waals surface area (Å²) in [6.45, 7) is 1.92. The number of aromatic amines is 1. The summed E-state index contributed by atoms with van der Waals surface area (Å²) < 4.78 is 4.67. The van der Waals surface area contributed by atoms with Gasteiger partial charge in [-0.15, -0.1) is 23.2 Å². The van der Waals surface area contributed by atoms with E-state index in [1.54, 1.807) is 6.07 Å². The Morgan fingerprint density at radius 3 is 2.83 bits per heavy atom. The molecule has 0 bridgehead atoms. The molecule has 3 N–H and O–H groups in total. The summed E-state index contributed by atoms with van der Waals surface area (Å²) in [5.41, 5.74) is 7.27. The average Bonchev–Trinajstić information content (AvgIpc) is 2.67. The van der Waals surface area contributed by atoms with Crippen LogP contribution in [0.25, 0.3) is 11.0 Å². The van der Waals surface area contributed by atoms with Crippen molar-refractivity contribution in [3.8, 4) is 6.01 Å². The van der Waals surface area contributed by atoms with Gasteiger partial charge in [-0.25, -0.2) is 4.79 Å². The molecule has 0 saturated heterocycles. The molecule has 2 rings (SSSR count). The number of halogens is 2. The van der Waals surface area contributed by atoms with Crippen molar-refractivity contribution < 1.29 is 9.53 Å². The highest BCUT2D eigenvalue weighted by Crippen LogP contribution is 2.28. The summed E-state index contributed by atoms with van der Waals surface area (Å²) >= 11 is 11.7. The zero-order valence-electron chi connectivity index (χ0n) is 9.48. The molecule has 0 aliphatic carbocycles. The van der Waals surface area contributed by atoms with Gasteiger partial charge in [0.05, 0.1) is 11.0 Å². The van der Waals surface area contributed by atoms with Gasteiger partial charge < -0.3 is 15.5 Å². The molecule has 1 amide bonds. The molecule has 0 aliphatic heterocycles. The number of alkyl halides is 2. The van der Waals surface area contributed by atoms with Crippen LogP contribution in [-0.4, -0.2) is 20.9 Å². The first kappa shape index (κ1) is 13.0. The lowest BCUT2D eigenvalue weighted by Gasteiger charge is -2.11. The van der Waals surface area contributed by atoms with E-state index >= 15 is 0 Å². The Hall–Kier alpha value is -1.46. The van der Waals surface area contributed by atoms with E-state index in [2.05, 4.69) is 14.7 Å². The zero-order valence-corrected chi connectivity index (χ0v) is 11.0. The van der Waals surface area contributed by atoms with Gasteiger partial charge in [-0.05, 0) is 17.7 Å². The molecule has 1 heterocycles. The van der Waals surface area contributed by atoms with Crippen LogP contribution >= 0.6 is 23.2 Å². The number of hydrogen-bond acceptors (Lipinski definition) is 3. The van der Waals surface area contributed by atoms with Crippen molar-refractivity contribution >= 4 is 40.3 Å². The molecular formula is C11H11Cl2N3O2. The normalized spacial score (nSPS) is 12.9. The first-order valence-corrected chi connectivity index (χ1v) is 6.09. The van der Waals surface area contributed by atoms with Crippen molar-refractivity contribution in [3.63, 3.8) is 0 Å². The molecule has 1 aromatic carbocycles. The third kappa shape index (κ3) is 2.68. The van der Waals surface area contributed by atoms with Gasteiger partial charge in [-0.2, -0.15) is 4.98 Å². The van der Waals surface area contributed by atoms with E-state index < -0.39 is 10.9 Å². The Bertz CT molecular complexity index is 583. The van der Waals surface area contributed by atoms with Gasteiger partial charge in [-0.1, -0.05) is 13.0 Å². The topological polar surface area (TPSA) is 81.0 Å². The number of imidazole rings is 1. The molecule has 2 aromatic rings. The number of hydrogen-bond donors (Lipinski definition) is 2. The van der Waals surface area contributed by atoms with Crippen molar-refractivity contribution in [1.29, 1.82) is 0 Å². The van der Waals surface area contributed by atoms with Crippen LogP contribution in [0.15, 0.2) is 18.2 Å². The largest absolute Gasteiger partial charge is 0.412 e. The number of ether oxygens (including phenoxy) is 1. The first-order chi connectivity index (χ1) is 8.47. The summed E-state index contributed by atoms with van der Waals surface area (Å²) in [7, 11) is 0. The predicted molar refractivity (Wildman–Crippen MR) is 70.2 cm³/mol. The highest BCUT2D eigenvalue weighted by Gasteiger charge is 2.15. The number of carbonyl (C=O) groups is 1. The van der Waals surface area contributed by atoms with Crippen LogP contribution < -0.4 is 10.5 Å². The Labute approximate surface area is 113 Å². The highest BCUT2D eigenvalue weighted by atomic mass is 35.5. The van der Waals surface area contributed by atoms with Crippen molar-refractivity contribution in [2.45, 2.75) is 17.7 Å². The Morgan fingerprint density at radius 2 is 2.22 bits per heavy atom. The number of amides is 1. The number of nitrogens with two attached hydrogens (primary N) is 1. The van der Waals surface area contributed by atoms with E-state index in [0.717, 1.165) is 11.1 Å². The quantitative estimate of drug-likeness (QED) is 0.852. The van der Waals surface area contributed by atoms with Crippen molar-refractivity contribution in [3.05, 3.63) is 23.8 Å². The van der Waals surface area contributed by atoms with Gasteiger partial charge in [0.2, 0.25) is 0 Å². The maximum atomic E-state index is 10.6. The van der Waals surface area contributed by atoms with Gasteiger partial charge in [0.1, 0.15) is 4.84 Å². The fourth-order valence-electron chi connectivity index (χ4n) is 1.58. The number of fused-ring (bicyclic) bond motifs is 1. The molecule has 5 nitrogen and oxygen atoms in total. The number of aromatic nitrogens is 2. The molecule has 1 aromatic heterocycles. The smallest absolute Gasteiger partial charge is 0.376 e. The van der Waals surface area contributed by atoms with Crippen LogP contribution in [-0.2, 0) is 0 Å². The molecule has 0 fully saturated rings. The molecule has 0 spiro atoms. The van der Waals surface area contributed by atoms with E-state index in [0.29, 0.717) is 5.52 Å². The van der Waals surface area contributed by atoms with Gasteiger partial charge in [0.15, 0.2) is 0 Å². The average molecular weight is 288 g/mol. The number of rotatable bonds is 3. The second-order valence-corrected chi connectivity index (χ2v) is 5.03. The third-order valence-corrected chi connectivity index (χ3v) is 3.34. The van der Waals surface area contributed by atoms with E-state index in [1.807, 2.05) is 19.1 Å². The van der Waals surface area contributed by atoms with Crippen LogP contribution in [0.5, 0.6) is 6.01 Å². The maximum Gasteiger partial charge on any atom is 0.412 e. The lowest BCUT2D eigenvalue weighted by Crippen LogP contribution is -2.16. The fraction of sp³-hybridized carbons (Fsp3) is 0.273. The molecule has 1 unspecified atom stereocenters. The minimum absolute atomic E-state index is 0.0125. The molecule has 96 valence electrons. The molecule has 0 saturated carbocycles. The second kappa shape index (κ2) is 5.04. The predicted octanol–water partition coefficient (Wildman–Crippen LogP) is 2.93. The monoisotopic (exact) mass is 287 g/mol. The lowest BCUT2D eigenvalue weighted by molar-refractivity contribution is 0.207. The molecule has 0 radical (unpaired) electrons. The van der Waals surface area contributed by atoms with E-state index in [-0.39, 0.29) is 11.9 Å².